The molecule has 0 amide bonds. The number of hydrogen-bond donors (Lipinski definition) is 1. The first-order valence-electron chi connectivity index (χ1n) is 6.62. The average molecular weight is 245 g/mol. The number of para-hydroxylation sites is 1. The van der Waals surface area contributed by atoms with Crippen molar-refractivity contribution in [3.8, 4) is 0 Å². The Kier molecular flexibility index (Phi) is 3.35. The minimum atomic E-state index is 0.162. The van der Waals surface area contributed by atoms with Crippen molar-refractivity contribution in [2.75, 3.05) is 20.2 Å². The highest BCUT2D eigenvalue weighted by molar-refractivity contribution is 5.81. The molecule has 0 spiro atoms. The Balaban J connectivity index is 1.96. The van der Waals surface area contributed by atoms with Gasteiger partial charge in [-0.3, -0.25) is 0 Å². The van der Waals surface area contributed by atoms with Crippen LogP contribution in [0.5, 0.6) is 0 Å². The number of fused-ring (bicyclic) bond motifs is 1. The van der Waals surface area contributed by atoms with Crippen LogP contribution in [0.15, 0.2) is 34.9 Å². The summed E-state index contributed by atoms with van der Waals surface area (Å²) in [5.74, 6) is 0.532. The van der Waals surface area contributed by atoms with Gasteiger partial charge in [0.25, 0.3) is 0 Å². The van der Waals surface area contributed by atoms with E-state index in [9.17, 15) is 0 Å². The van der Waals surface area contributed by atoms with Crippen LogP contribution in [-0.2, 0) is 4.74 Å². The monoisotopic (exact) mass is 245 g/mol. The van der Waals surface area contributed by atoms with Gasteiger partial charge in [0.15, 0.2) is 0 Å². The average Bonchev–Trinajstić information content (AvgIpc) is 2.84. The van der Waals surface area contributed by atoms with Crippen molar-refractivity contribution >= 4 is 11.0 Å². The molecule has 2 aromatic rings. The number of benzene rings is 1. The molecular weight excluding hydrogens is 226 g/mol. The van der Waals surface area contributed by atoms with E-state index in [0.717, 1.165) is 25.2 Å². The van der Waals surface area contributed by atoms with Crippen molar-refractivity contribution in [2.45, 2.75) is 18.9 Å². The molecule has 1 aromatic carbocycles. The second kappa shape index (κ2) is 5.12. The third-order valence-corrected chi connectivity index (χ3v) is 3.73. The molecule has 96 valence electrons. The van der Waals surface area contributed by atoms with Crippen molar-refractivity contribution < 1.29 is 9.15 Å². The molecule has 2 atom stereocenters. The number of furan rings is 1. The lowest BCUT2D eigenvalue weighted by atomic mass is 9.89. The molecule has 3 rings (SSSR count). The zero-order valence-electron chi connectivity index (χ0n) is 10.7. The zero-order chi connectivity index (χ0) is 12.4. The molecule has 0 radical (unpaired) electrons. The Morgan fingerprint density at radius 2 is 2.22 bits per heavy atom. The second-order valence-corrected chi connectivity index (χ2v) is 4.94. The van der Waals surface area contributed by atoms with E-state index in [4.69, 9.17) is 9.15 Å². The van der Waals surface area contributed by atoms with E-state index in [1.54, 1.807) is 0 Å². The molecule has 18 heavy (non-hydrogen) atoms. The van der Waals surface area contributed by atoms with E-state index in [1.807, 2.05) is 25.4 Å². The Bertz CT molecular complexity index is 518. The van der Waals surface area contributed by atoms with Gasteiger partial charge in [-0.2, -0.15) is 0 Å². The van der Waals surface area contributed by atoms with E-state index >= 15 is 0 Å². The Morgan fingerprint density at radius 3 is 3.11 bits per heavy atom. The zero-order valence-corrected chi connectivity index (χ0v) is 10.7. The highest BCUT2D eigenvalue weighted by Crippen LogP contribution is 2.37. The van der Waals surface area contributed by atoms with E-state index in [1.165, 1.54) is 17.4 Å². The van der Waals surface area contributed by atoms with E-state index in [2.05, 4.69) is 17.4 Å². The first-order chi connectivity index (χ1) is 8.90. The van der Waals surface area contributed by atoms with Gasteiger partial charge in [-0.1, -0.05) is 18.2 Å². The van der Waals surface area contributed by atoms with Crippen molar-refractivity contribution in [2.24, 2.45) is 5.92 Å². The van der Waals surface area contributed by atoms with Gasteiger partial charge >= 0.3 is 0 Å². The molecule has 1 aromatic heterocycles. The number of nitrogens with one attached hydrogen (secondary N) is 1. The maximum atomic E-state index is 6.00. The number of rotatable bonds is 3. The van der Waals surface area contributed by atoms with Crippen LogP contribution in [0.4, 0.5) is 0 Å². The van der Waals surface area contributed by atoms with Crippen molar-refractivity contribution in [3.05, 3.63) is 36.1 Å². The number of hydrogen-bond acceptors (Lipinski definition) is 3. The molecule has 0 bridgehead atoms. The van der Waals surface area contributed by atoms with Crippen LogP contribution in [0.3, 0.4) is 0 Å². The Labute approximate surface area is 107 Å². The summed E-state index contributed by atoms with van der Waals surface area (Å²) in [6, 6.07) is 8.18. The molecular formula is C15H19NO2. The predicted molar refractivity (Wildman–Crippen MR) is 71.6 cm³/mol. The molecule has 1 saturated heterocycles. The smallest absolute Gasteiger partial charge is 0.134 e. The molecule has 2 heterocycles. The molecule has 0 saturated carbocycles. The van der Waals surface area contributed by atoms with Gasteiger partial charge in [-0.25, -0.2) is 0 Å². The predicted octanol–water partition coefficient (Wildman–Crippen LogP) is 3.12. The summed E-state index contributed by atoms with van der Waals surface area (Å²) in [5, 5.41) is 4.45. The van der Waals surface area contributed by atoms with Gasteiger partial charge in [0, 0.05) is 30.0 Å². The lowest BCUT2D eigenvalue weighted by Gasteiger charge is -2.31. The van der Waals surface area contributed by atoms with Gasteiger partial charge in [-0.05, 0) is 26.0 Å². The van der Waals surface area contributed by atoms with Gasteiger partial charge in [0.2, 0.25) is 0 Å². The van der Waals surface area contributed by atoms with Crippen LogP contribution < -0.4 is 5.32 Å². The van der Waals surface area contributed by atoms with Gasteiger partial charge in [0.05, 0.1) is 12.4 Å². The molecule has 1 N–H and O–H groups in total. The van der Waals surface area contributed by atoms with E-state index in [-0.39, 0.29) is 6.10 Å². The maximum absolute atomic E-state index is 6.00. The van der Waals surface area contributed by atoms with Crippen LogP contribution in [-0.4, -0.2) is 20.2 Å². The standard InChI is InChI=1S/C15H19NO2/c1-16-9-11-5-4-8-17-15(11)13-10-18-14-7-3-2-6-12(13)14/h2-3,6-7,10-11,15-16H,4-5,8-9H2,1H3. The third-order valence-electron chi connectivity index (χ3n) is 3.73. The summed E-state index contributed by atoms with van der Waals surface area (Å²) in [7, 11) is 2.00. The first kappa shape index (κ1) is 11.8. The quantitative estimate of drug-likeness (QED) is 0.902. The first-order valence-corrected chi connectivity index (χ1v) is 6.62. The van der Waals surface area contributed by atoms with E-state index in [0.29, 0.717) is 5.92 Å². The van der Waals surface area contributed by atoms with Crippen LogP contribution >= 0.6 is 0 Å². The second-order valence-electron chi connectivity index (χ2n) is 4.94. The third kappa shape index (κ3) is 2.04. The highest BCUT2D eigenvalue weighted by Gasteiger charge is 2.29. The van der Waals surface area contributed by atoms with Gasteiger partial charge in [0.1, 0.15) is 5.58 Å². The summed E-state index contributed by atoms with van der Waals surface area (Å²) in [5.41, 5.74) is 2.15. The van der Waals surface area contributed by atoms with Crippen molar-refractivity contribution in [1.29, 1.82) is 0 Å². The molecule has 1 aliphatic heterocycles. The molecule has 0 aliphatic carbocycles. The SMILES string of the molecule is CNCC1CCCOC1c1coc2ccccc12. The molecule has 2 unspecified atom stereocenters. The fraction of sp³-hybridized carbons (Fsp3) is 0.467. The summed E-state index contributed by atoms with van der Waals surface area (Å²) in [6.07, 6.45) is 4.39. The van der Waals surface area contributed by atoms with E-state index < -0.39 is 0 Å². The van der Waals surface area contributed by atoms with Crippen molar-refractivity contribution in [1.82, 2.24) is 5.32 Å². The summed E-state index contributed by atoms with van der Waals surface area (Å²) < 4.78 is 11.6. The molecule has 1 fully saturated rings. The summed E-state index contributed by atoms with van der Waals surface area (Å²) >= 11 is 0. The summed E-state index contributed by atoms with van der Waals surface area (Å²) in [4.78, 5) is 0. The Morgan fingerprint density at radius 1 is 1.33 bits per heavy atom. The highest BCUT2D eigenvalue weighted by atomic mass is 16.5. The van der Waals surface area contributed by atoms with Crippen LogP contribution in [0.25, 0.3) is 11.0 Å². The van der Waals surface area contributed by atoms with Gasteiger partial charge < -0.3 is 14.5 Å². The fourth-order valence-electron chi connectivity index (χ4n) is 2.88. The van der Waals surface area contributed by atoms with Crippen LogP contribution in [0.2, 0.25) is 0 Å². The minimum absolute atomic E-state index is 0.162. The maximum Gasteiger partial charge on any atom is 0.134 e. The minimum Gasteiger partial charge on any atom is -0.464 e. The van der Waals surface area contributed by atoms with Crippen LogP contribution in [0, 0.1) is 5.92 Å². The molecule has 3 heteroatoms. The largest absolute Gasteiger partial charge is 0.464 e. The normalized spacial score (nSPS) is 24.5. The van der Waals surface area contributed by atoms with Gasteiger partial charge in [-0.15, -0.1) is 0 Å². The molecule has 1 aliphatic rings. The van der Waals surface area contributed by atoms with Crippen molar-refractivity contribution in [3.63, 3.8) is 0 Å². The molecule has 3 nitrogen and oxygen atoms in total. The number of ether oxygens (including phenoxy) is 1. The lowest BCUT2D eigenvalue weighted by Crippen LogP contribution is -2.30. The van der Waals surface area contributed by atoms with Crippen LogP contribution in [0.1, 0.15) is 24.5 Å². The Hall–Kier alpha value is -1.32. The summed E-state index contributed by atoms with van der Waals surface area (Å²) in [6.45, 7) is 1.84. The fourth-order valence-corrected chi connectivity index (χ4v) is 2.88. The lowest BCUT2D eigenvalue weighted by molar-refractivity contribution is -0.0267. The topological polar surface area (TPSA) is 34.4 Å².